The van der Waals surface area contributed by atoms with Crippen molar-refractivity contribution < 1.29 is 23.0 Å². The summed E-state index contributed by atoms with van der Waals surface area (Å²) in [6, 6.07) is 9.49. The number of aliphatic hydroxyl groups excluding tert-OH is 1. The first kappa shape index (κ1) is 17.3. The highest BCUT2D eigenvalue weighted by atomic mass is 32.2. The summed E-state index contributed by atoms with van der Waals surface area (Å²) in [6.07, 6.45) is 2.34. The maximum Gasteiger partial charge on any atom is 0.241 e. The van der Waals surface area contributed by atoms with Gasteiger partial charge in [0.1, 0.15) is 13.2 Å². The van der Waals surface area contributed by atoms with Crippen molar-refractivity contribution in [3.63, 3.8) is 0 Å². The molecular weight excluding hydrogens is 356 g/mol. The molecule has 0 radical (unpaired) electrons. The van der Waals surface area contributed by atoms with Crippen LogP contribution in [0.3, 0.4) is 0 Å². The van der Waals surface area contributed by atoms with E-state index in [2.05, 4.69) is 9.71 Å². The summed E-state index contributed by atoms with van der Waals surface area (Å²) < 4.78 is 39.5. The summed E-state index contributed by atoms with van der Waals surface area (Å²) in [5.74, 6) is 0.970. The highest BCUT2D eigenvalue weighted by Crippen LogP contribution is 2.39. The van der Waals surface area contributed by atoms with E-state index in [1.165, 1.54) is 12.1 Å². The lowest BCUT2D eigenvalue weighted by atomic mass is 9.76. The molecule has 4 rings (SSSR count). The number of pyridine rings is 1. The summed E-state index contributed by atoms with van der Waals surface area (Å²) in [4.78, 5) is 4.42. The molecule has 0 unspecified atom stereocenters. The van der Waals surface area contributed by atoms with Crippen molar-refractivity contribution >= 4 is 10.0 Å². The average molecular weight is 376 g/mol. The van der Waals surface area contributed by atoms with Crippen LogP contribution in [0.25, 0.3) is 0 Å². The van der Waals surface area contributed by atoms with Crippen LogP contribution in [0.5, 0.6) is 11.5 Å². The number of fused-ring (bicyclic) bond motifs is 1. The van der Waals surface area contributed by atoms with Gasteiger partial charge in [-0.05, 0) is 43.0 Å². The topological polar surface area (TPSA) is 97.8 Å². The molecule has 8 heteroatoms. The summed E-state index contributed by atoms with van der Waals surface area (Å²) >= 11 is 0. The van der Waals surface area contributed by atoms with Crippen molar-refractivity contribution in [2.45, 2.75) is 29.9 Å². The second-order valence-corrected chi connectivity index (χ2v) is 8.26. The van der Waals surface area contributed by atoms with Gasteiger partial charge in [0.25, 0.3) is 0 Å². The minimum absolute atomic E-state index is 0.00638. The van der Waals surface area contributed by atoms with Gasteiger partial charge in [0.2, 0.25) is 10.0 Å². The second-order valence-electron chi connectivity index (χ2n) is 6.54. The van der Waals surface area contributed by atoms with E-state index in [0.717, 1.165) is 0 Å². The Morgan fingerprint density at radius 3 is 2.58 bits per heavy atom. The van der Waals surface area contributed by atoms with E-state index in [0.29, 0.717) is 43.2 Å². The number of benzene rings is 1. The van der Waals surface area contributed by atoms with Gasteiger partial charge in [-0.3, -0.25) is 4.98 Å². The quantitative estimate of drug-likeness (QED) is 0.823. The highest BCUT2D eigenvalue weighted by Gasteiger charge is 2.38. The number of nitrogens with zero attached hydrogens (tertiary/aromatic N) is 1. The fraction of sp³-hybridized carbons (Fsp3) is 0.389. The van der Waals surface area contributed by atoms with Crippen LogP contribution >= 0.6 is 0 Å². The molecule has 1 saturated carbocycles. The Labute approximate surface area is 152 Å². The second kappa shape index (κ2) is 6.86. The lowest BCUT2D eigenvalue weighted by Crippen LogP contribution is -2.41. The Hall–Kier alpha value is -2.16. The zero-order chi connectivity index (χ0) is 18.1. The van der Waals surface area contributed by atoms with Crippen LogP contribution in [-0.4, -0.2) is 37.8 Å². The maximum atomic E-state index is 12.9. The smallest absolute Gasteiger partial charge is 0.241 e. The van der Waals surface area contributed by atoms with Crippen molar-refractivity contribution in [3.05, 3.63) is 48.3 Å². The van der Waals surface area contributed by atoms with E-state index in [4.69, 9.17) is 9.47 Å². The van der Waals surface area contributed by atoms with Gasteiger partial charge in [-0.1, -0.05) is 6.07 Å². The van der Waals surface area contributed by atoms with Gasteiger partial charge in [-0.25, -0.2) is 13.1 Å². The first-order valence-electron chi connectivity index (χ1n) is 8.54. The van der Waals surface area contributed by atoms with Crippen LogP contribution in [0.2, 0.25) is 0 Å². The number of hydrogen-bond donors (Lipinski definition) is 2. The van der Waals surface area contributed by atoms with Gasteiger partial charge < -0.3 is 14.6 Å². The van der Waals surface area contributed by atoms with Crippen LogP contribution in [0.4, 0.5) is 0 Å². The third kappa shape index (κ3) is 3.40. The first-order valence-corrected chi connectivity index (χ1v) is 10.0. The van der Waals surface area contributed by atoms with Gasteiger partial charge in [0.05, 0.1) is 22.7 Å². The lowest BCUT2D eigenvalue weighted by Gasteiger charge is -2.37. The number of sulfonamides is 1. The highest BCUT2D eigenvalue weighted by molar-refractivity contribution is 7.89. The average Bonchev–Trinajstić information content (AvgIpc) is 2.64. The van der Waals surface area contributed by atoms with E-state index in [-0.39, 0.29) is 16.9 Å². The number of aromatic nitrogens is 1. The molecule has 0 saturated heterocycles. The van der Waals surface area contributed by atoms with Crippen molar-refractivity contribution in [1.82, 2.24) is 9.71 Å². The Morgan fingerprint density at radius 1 is 1.12 bits per heavy atom. The normalized spacial score (nSPS) is 23.1. The van der Waals surface area contributed by atoms with Gasteiger partial charge in [0.15, 0.2) is 11.5 Å². The number of nitrogens with one attached hydrogen (secondary N) is 1. The number of aliphatic hydroxyl groups is 1. The van der Waals surface area contributed by atoms with Gasteiger partial charge in [0, 0.05) is 12.3 Å². The molecule has 1 atom stereocenters. The fourth-order valence-corrected chi connectivity index (χ4v) is 4.58. The Kier molecular flexibility index (Phi) is 4.56. The molecule has 2 aromatic rings. The van der Waals surface area contributed by atoms with E-state index in [9.17, 15) is 13.5 Å². The molecule has 1 aliphatic heterocycles. The summed E-state index contributed by atoms with van der Waals surface area (Å²) in [6.45, 7) is 0.837. The van der Waals surface area contributed by atoms with E-state index in [1.807, 2.05) is 6.07 Å². The van der Waals surface area contributed by atoms with Crippen molar-refractivity contribution in [2.24, 2.45) is 5.92 Å². The summed E-state index contributed by atoms with van der Waals surface area (Å²) in [7, 11) is -3.79. The minimum Gasteiger partial charge on any atom is -0.486 e. The Morgan fingerprint density at radius 2 is 1.88 bits per heavy atom. The number of hydrogen-bond acceptors (Lipinski definition) is 6. The van der Waals surface area contributed by atoms with E-state index < -0.39 is 16.1 Å². The van der Waals surface area contributed by atoms with Crippen LogP contribution in [-0.2, 0) is 10.0 Å². The maximum absolute atomic E-state index is 12.9. The molecule has 1 aromatic carbocycles. The number of rotatable bonds is 5. The van der Waals surface area contributed by atoms with Crippen molar-refractivity contribution in [2.75, 3.05) is 13.2 Å². The van der Waals surface area contributed by atoms with Crippen molar-refractivity contribution in [3.8, 4) is 11.5 Å². The first-order chi connectivity index (χ1) is 12.5. The van der Waals surface area contributed by atoms with Gasteiger partial charge in [-0.2, -0.15) is 0 Å². The largest absolute Gasteiger partial charge is 0.486 e. The molecule has 1 aliphatic carbocycles. The SMILES string of the molecule is O=S(=O)(N[C@@H](c1ccccn1)C1CC(O)C1)c1ccc2c(c1)OCCO2. The monoisotopic (exact) mass is 376 g/mol. The third-order valence-corrected chi connectivity index (χ3v) is 6.17. The molecular formula is C18H20N2O5S. The molecule has 2 N–H and O–H groups in total. The van der Waals surface area contributed by atoms with Gasteiger partial charge in [-0.15, -0.1) is 0 Å². The van der Waals surface area contributed by atoms with Crippen molar-refractivity contribution in [1.29, 1.82) is 0 Å². The molecule has 1 aromatic heterocycles. The standard InChI is InChI=1S/C18H20N2O5S/c21-13-9-12(10-13)18(15-3-1-2-6-19-15)20-26(22,23)14-4-5-16-17(11-14)25-8-7-24-16/h1-6,11-13,18,20-21H,7-10H2/t12?,13?,18-/m1/s1. The van der Waals surface area contributed by atoms with Crippen LogP contribution < -0.4 is 14.2 Å². The molecule has 7 nitrogen and oxygen atoms in total. The zero-order valence-electron chi connectivity index (χ0n) is 14.0. The molecule has 0 amide bonds. The molecule has 2 aliphatic rings. The minimum atomic E-state index is -3.79. The van der Waals surface area contributed by atoms with Crippen LogP contribution in [0.1, 0.15) is 24.6 Å². The predicted molar refractivity (Wildman–Crippen MR) is 93.5 cm³/mol. The van der Waals surface area contributed by atoms with E-state index >= 15 is 0 Å². The summed E-state index contributed by atoms with van der Waals surface area (Å²) in [5, 5.41) is 9.63. The molecule has 138 valence electrons. The van der Waals surface area contributed by atoms with Crippen LogP contribution in [0.15, 0.2) is 47.5 Å². The Balaban J connectivity index is 1.62. The number of ether oxygens (including phenoxy) is 2. The Bertz CT molecular complexity index is 882. The predicted octanol–water partition coefficient (Wildman–Crippen LogP) is 1.64. The molecule has 0 spiro atoms. The molecule has 26 heavy (non-hydrogen) atoms. The molecule has 1 fully saturated rings. The summed E-state index contributed by atoms with van der Waals surface area (Å²) in [5.41, 5.74) is 0.644. The van der Waals surface area contributed by atoms with Gasteiger partial charge >= 0.3 is 0 Å². The van der Waals surface area contributed by atoms with E-state index in [1.54, 1.807) is 24.4 Å². The lowest BCUT2D eigenvalue weighted by molar-refractivity contribution is 0.0273. The third-order valence-electron chi connectivity index (χ3n) is 4.73. The molecule has 0 bridgehead atoms. The van der Waals surface area contributed by atoms with Crippen LogP contribution in [0, 0.1) is 5.92 Å². The zero-order valence-corrected chi connectivity index (χ0v) is 14.9. The molecule has 2 heterocycles. The fourth-order valence-electron chi connectivity index (χ4n) is 3.29.